The lowest BCUT2D eigenvalue weighted by Gasteiger charge is -2.24. The molecule has 0 aliphatic carbocycles. The van der Waals surface area contributed by atoms with Crippen molar-refractivity contribution < 1.29 is 28.6 Å². The van der Waals surface area contributed by atoms with Gasteiger partial charge in [-0.25, -0.2) is 14.6 Å². The predicted molar refractivity (Wildman–Crippen MR) is 158 cm³/mol. The zero-order chi connectivity index (χ0) is 30.0. The van der Waals surface area contributed by atoms with E-state index < -0.39 is 18.0 Å². The first kappa shape index (κ1) is 28.6. The molecule has 0 bridgehead atoms. The van der Waals surface area contributed by atoms with E-state index >= 15 is 0 Å². The van der Waals surface area contributed by atoms with Crippen LogP contribution in [0.15, 0.2) is 92.7 Å². The van der Waals surface area contributed by atoms with Crippen molar-refractivity contribution in [2.75, 3.05) is 13.2 Å². The quantitative estimate of drug-likeness (QED) is 0.225. The Morgan fingerprint density at radius 1 is 1.14 bits per heavy atom. The number of rotatable bonds is 9. The summed E-state index contributed by atoms with van der Waals surface area (Å²) in [5.74, 6) is -0.0428. The third-order valence-electron chi connectivity index (χ3n) is 6.81. The van der Waals surface area contributed by atoms with Gasteiger partial charge in [-0.15, -0.1) is 0 Å². The van der Waals surface area contributed by atoms with Crippen molar-refractivity contribution in [3.8, 4) is 17.1 Å². The first-order chi connectivity index (χ1) is 20.2. The minimum absolute atomic E-state index is 0.177. The zero-order valence-electron chi connectivity index (χ0n) is 23.2. The highest BCUT2D eigenvalue weighted by atomic mass is 32.1. The first-order valence-corrected chi connectivity index (χ1v) is 14.0. The van der Waals surface area contributed by atoms with Crippen molar-refractivity contribution in [2.24, 2.45) is 4.99 Å². The Bertz CT molecular complexity index is 1910. The number of ether oxygens (including phenoxy) is 2. The zero-order valence-corrected chi connectivity index (χ0v) is 24.1. The van der Waals surface area contributed by atoms with Gasteiger partial charge in [-0.05, 0) is 62.2 Å². The van der Waals surface area contributed by atoms with Crippen LogP contribution in [0, 0.1) is 6.92 Å². The molecule has 2 aromatic carbocycles. The minimum atomic E-state index is -1.02. The number of aromatic carboxylic acids is 1. The SMILES string of the molecule is C=CCOc1ccc([C@H]2C(C(=O)OCC)=C(C)N=c3s/c(=C\c4ccc(-c5cccc(C(=O)O)c5C)o4)c(=O)n32)cc1. The average molecular weight is 585 g/mol. The second kappa shape index (κ2) is 11.9. The van der Waals surface area contributed by atoms with Gasteiger partial charge in [-0.2, -0.15) is 0 Å². The smallest absolute Gasteiger partial charge is 0.338 e. The van der Waals surface area contributed by atoms with E-state index in [2.05, 4.69) is 11.6 Å². The molecule has 0 spiro atoms. The topological polar surface area (TPSA) is 120 Å². The Hall–Kier alpha value is -4.96. The number of aromatic nitrogens is 1. The van der Waals surface area contributed by atoms with E-state index in [1.165, 1.54) is 22.0 Å². The fraction of sp³-hybridized carbons (Fsp3) is 0.188. The number of nitrogens with zero attached hydrogens (tertiary/aromatic N) is 2. The highest BCUT2D eigenvalue weighted by molar-refractivity contribution is 7.07. The fourth-order valence-corrected chi connectivity index (χ4v) is 5.87. The number of thiazole rings is 1. The number of esters is 1. The average Bonchev–Trinajstić information content (AvgIpc) is 3.55. The maximum Gasteiger partial charge on any atom is 0.338 e. The van der Waals surface area contributed by atoms with Crippen LogP contribution < -0.4 is 19.6 Å². The number of carbonyl (C=O) groups is 2. The number of hydrogen-bond donors (Lipinski definition) is 1. The maximum absolute atomic E-state index is 13.9. The van der Waals surface area contributed by atoms with E-state index in [0.29, 0.717) is 55.6 Å². The summed E-state index contributed by atoms with van der Waals surface area (Å²) < 4.78 is 18.8. The lowest BCUT2D eigenvalue weighted by atomic mass is 9.96. The molecule has 0 saturated carbocycles. The molecule has 3 heterocycles. The van der Waals surface area contributed by atoms with Gasteiger partial charge in [-0.3, -0.25) is 9.36 Å². The second-order valence-electron chi connectivity index (χ2n) is 9.46. The molecule has 1 aliphatic rings. The lowest BCUT2D eigenvalue weighted by Crippen LogP contribution is -2.39. The summed E-state index contributed by atoms with van der Waals surface area (Å²) in [6.45, 7) is 9.36. The molecular weight excluding hydrogens is 556 g/mol. The van der Waals surface area contributed by atoms with Crippen LogP contribution >= 0.6 is 11.3 Å². The highest BCUT2D eigenvalue weighted by Gasteiger charge is 2.33. The third kappa shape index (κ3) is 5.36. The van der Waals surface area contributed by atoms with Gasteiger partial charge in [0.25, 0.3) is 5.56 Å². The molecule has 214 valence electrons. The molecule has 0 radical (unpaired) electrons. The standard InChI is InChI=1S/C32H28N2O7S/c1-5-16-40-21-12-10-20(11-13-21)28-27(31(38)39-6-2)19(4)33-32-34(28)29(35)26(42-32)17-22-14-15-25(41-22)23-8-7-9-24(18(23)3)30(36)37/h5,7-15,17,28H,1,6,16H2,2-4H3,(H,36,37)/b26-17-/t28-/m0/s1. The van der Waals surface area contributed by atoms with E-state index in [1.807, 2.05) is 12.1 Å². The van der Waals surface area contributed by atoms with Gasteiger partial charge >= 0.3 is 11.9 Å². The molecule has 0 fully saturated rings. The van der Waals surface area contributed by atoms with Gasteiger partial charge in [-0.1, -0.05) is 48.3 Å². The number of benzene rings is 2. The first-order valence-electron chi connectivity index (χ1n) is 13.2. The Balaban J connectivity index is 1.60. The van der Waals surface area contributed by atoms with Crippen LogP contribution in [0.25, 0.3) is 17.4 Å². The molecule has 1 atom stereocenters. The highest BCUT2D eigenvalue weighted by Crippen LogP contribution is 2.32. The van der Waals surface area contributed by atoms with E-state index in [-0.39, 0.29) is 23.3 Å². The Kier molecular flexibility index (Phi) is 8.08. The van der Waals surface area contributed by atoms with Crippen LogP contribution in [0.3, 0.4) is 0 Å². The van der Waals surface area contributed by atoms with Crippen LogP contribution in [0.2, 0.25) is 0 Å². The van der Waals surface area contributed by atoms with Crippen molar-refractivity contribution >= 4 is 29.4 Å². The Labute approximate surface area is 245 Å². The summed E-state index contributed by atoms with van der Waals surface area (Å²) in [6, 6.07) is 14.8. The number of fused-ring (bicyclic) bond motifs is 1. The summed E-state index contributed by atoms with van der Waals surface area (Å²) in [4.78, 5) is 43.6. The monoisotopic (exact) mass is 584 g/mol. The Morgan fingerprint density at radius 3 is 2.60 bits per heavy atom. The summed E-state index contributed by atoms with van der Waals surface area (Å²) in [5, 5.41) is 9.48. The molecule has 0 saturated heterocycles. The molecular formula is C32H28N2O7S. The predicted octanol–water partition coefficient (Wildman–Crippen LogP) is 4.63. The molecule has 1 N–H and O–H groups in total. The molecule has 2 aromatic heterocycles. The van der Waals surface area contributed by atoms with E-state index in [0.717, 1.165) is 0 Å². The molecule has 0 unspecified atom stereocenters. The Morgan fingerprint density at radius 2 is 1.90 bits per heavy atom. The fourth-order valence-electron chi connectivity index (χ4n) is 4.85. The van der Waals surface area contributed by atoms with Crippen molar-refractivity contribution in [1.82, 2.24) is 4.57 Å². The number of furan rings is 1. The normalized spacial score (nSPS) is 14.7. The summed E-state index contributed by atoms with van der Waals surface area (Å²) in [7, 11) is 0. The molecule has 9 nitrogen and oxygen atoms in total. The van der Waals surface area contributed by atoms with E-state index in [1.54, 1.807) is 69.3 Å². The van der Waals surface area contributed by atoms with Gasteiger partial charge < -0.3 is 19.0 Å². The summed E-state index contributed by atoms with van der Waals surface area (Å²) >= 11 is 1.18. The van der Waals surface area contributed by atoms with Crippen molar-refractivity contribution in [2.45, 2.75) is 26.8 Å². The largest absolute Gasteiger partial charge is 0.490 e. The van der Waals surface area contributed by atoms with Gasteiger partial charge in [0, 0.05) is 11.6 Å². The molecule has 10 heteroatoms. The molecule has 42 heavy (non-hydrogen) atoms. The number of allylic oxidation sites excluding steroid dienone is 1. The van der Waals surface area contributed by atoms with Gasteiger partial charge in [0.2, 0.25) is 0 Å². The van der Waals surface area contributed by atoms with Crippen LogP contribution in [0.4, 0.5) is 0 Å². The number of carboxylic acids is 1. The lowest BCUT2D eigenvalue weighted by molar-refractivity contribution is -0.139. The number of carboxylic acid groups (broad SMARTS) is 1. The summed E-state index contributed by atoms with van der Waals surface area (Å²) in [6.07, 6.45) is 3.27. The second-order valence-corrected chi connectivity index (χ2v) is 10.5. The third-order valence-corrected chi connectivity index (χ3v) is 7.79. The van der Waals surface area contributed by atoms with Gasteiger partial charge in [0.15, 0.2) is 4.80 Å². The van der Waals surface area contributed by atoms with E-state index in [4.69, 9.17) is 13.9 Å². The van der Waals surface area contributed by atoms with Crippen molar-refractivity contribution in [3.63, 3.8) is 0 Å². The van der Waals surface area contributed by atoms with Crippen LogP contribution in [0.1, 0.15) is 47.1 Å². The number of carbonyl (C=O) groups excluding carboxylic acids is 1. The van der Waals surface area contributed by atoms with Crippen LogP contribution in [-0.4, -0.2) is 34.8 Å². The number of hydrogen-bond acceptors (Lipinski definition) is 8. The van der Waals surface area contributed by atoms with Crippen LogP contribution in [0.5, 0.6) is 5.75 Å². The molecule has 0 amide bonds. The molecule has 1 aliphatic heterocycles. The molecule has 5 rings (SSSR count). The van der Waals surface area contributed by atoms with Gasteiger partial charge in [0.05, 0.1) is 34.0 Å². The minimum Gasteiger partial charge on any atom is -0.490 e. The van der Waals surface area contributed by atoms with Crippen LogP contribution in [-0.2, 0) is 9.53 Å². The van der Waals surface area contributed by atoms with Crippen molar-refractivity contribution in [3.05, 3.63) is 121 Å². The van der Waals surface area contributed by atoms with Crippen molar-refractivity contribution in [1.29, 1.82) is 0 Å². The maximum atomic E-state index is 13.9. The summed E-state index contributed by atoms with van der Waals surface area (Å²) in [5.41, 5.74) is 2.51. The van der Waals surface area contributed by atoms with Gasteiger partial charge in [0.1, 0.15) is 23.9 Å². The van der Waals surface area contributed by atoms with E-state index in [9.17, 15) is 19.5 Å². The molecule has 4 aromatic rings.